The number of rotatable bonds is 6. The van der Waals surface area contributed by atoms with Crippen LogP contribution < -0.4 is 5.32 Å². The summed E-state index contributed by atoms with van der Waals surface area (Å²) in [6.45, 7) is 8.45. The van der Waals surface area contributed by atoms with Crippen LogP contribution in [-0.2, 0) is 9.53 Å². The number of unbranched alkanes of at least 4 members (excludes halogenated alkanes) is 1. The van der Waals surface area contributed by atoms with Crippen molar-refractivity contribution in [1.82, 2.24) is 15.1 Å². The zero-order chi connectivity index (χ0) is 15.1. The van der Waals surface area contributed by atoms with Crippen LogP contribution in [0.1, 0.15) is 32.6 Å². The second-order valence-corrected chi connectivity index (χ2v) is 6.47. The van der Waals surface area contributed by atoms with Gasteiger partial charge in [-0.05, 0) is 38.8 Å². The van der Waals surface area contributed by atoms with Gasteiger partial charge < -0.3 is 19.9 Å². The predicted molar refractivity (Wildman–Crippen MR) is 84.3 cm³/mol. The van der Waals surface area contributed by atoms with Gasteiger partial charge in [-0.1, -0.05) is 13.3 Å². The number of nitrogens with zero attached hydrogens (tertiary/aromatic N) is 2. The highest BCUT2D eigenvalue weighted by Gasteiger charge is 2.29. The molecular formula is C16H31N3O2. The van der Waals surface area contributed by atoms with E-state index in [-0.39, 0.29) is 11.9 Å². The van der Waals surface area contributed by atoms with Crippen LogP contribution in [0.15, 0.2) is 0 Å². The molecule has 122 valence electrons. The van der Waals surface area contributed by atoms with E-state index in [9.17, 15) is 4.79 Å². The summed E-state index contributed by atoms with van der Waals surface area (Å²) in [4.78, 5) is 16.9. The Balaban J connectivity index is 1.68. The highest BCUT2D eigenvalue weighted by atomic mass is 16.5. The fraction of sp³-hybridized carbons (Fsp3) is 0.938. The molecule has 1 atom stereocenters. The van der Waals surface area contributed by atoms with Gasteiger partial charge in [-0.15, -0.1) is 0 Å². The number of amides is 1. The molecule has 0 aromatic carbocycles. The highest BCUT2D eigenvalue weighted by molar-refractivity contribution is 5.82. The van der Waals surface area contributed by atoms with Crippen molar-refractivity contribution in [3.05, 3.63) is 0 Å². The summed E-state index contributed by atoms with van der Waals surface area (Å²) < 4.78 is 5.39. The minimum atomic E-state index is -0.123. The summed E-state index contributed by atoms with van der Waals surface area (Å²) in [5, 5.41) is 3.26. The first-order valence-electron chi connectivity index (χ1n) is 8.49. The molecule has 0 aliphatic carbocycles. The third-order valence-corrected chi connectivity index (χ3v) is 4.61. The second-order valence-electron chi connectivity index (χ2n) is 6.47. The number of carbonyl (C=O) groups excluding carboxylic acids is 1. The average Bonchev–Trinajstić information content (AvgIpc) is 2.54. The molecular weight excluding hydrogens is 266 g/mol. The van der Waals surface area contributed by atoms with Gasteiger partial charge in [0.05, 0.1) is 13.2 Å². The number of likely N-dealkylation sites (tertiary alicyclic amines) is 1. The quantitative estimate of drug-likeness (QED) is 0.793. The Labute approximate surface area is 129 Å². The van der Waals surface area contributed by atoms with Gasteiger partial charge in [-0.3, -0.25) is 4.79 Å². The fourth-order valence-electron chi connectivity index (χ4n) is 3.24. The molecule has 0 radical (unpaired) electrons. The molecule has 2 saturated heterocycles. The number of hydrogen-bond acceptors (Lipinski definition) is 4. The van der Waals surface area contributed by atoms with Crippen LogP contribution >= 0.6 is 0 Å². The summed E-state index contributed by atoms with van der Waals surface area (Å²) >= 11 is 0. The summed E-state index contributed by atoms with van der Waals surface area (Å²) in [5.41, 5.74) is 0. The maximum atomic E-state index is 12.4. The molecule has 5 nitrogen and oxygen atoms in total. The second kappa shape index (κ2) is 8.71. The van der Waals surface area contributed by atoms with Crippen molar-refractivity contribution >= 4 is 5.91 Å². The molecule has 21 heavy (non-hydrogen) atoms. The molecule has 2 aliphatic rings. The van der Waals surface area contributed by atoms with E-state index in [0.29, 0.717) is 6.61 Å². The number of nitrogens with one attached hydrogen (secondary N) is 1. The third-order valence-electron chi connectivity index (χ3n) is 4.61. The SMILES string of the molecule is CCCCN(C)CC1CCN(C(=O)C2COCCN2)CC1. The van der Waals surface area contributed by atoms with Gasteiger partial charge in [0, 0.05) is 26.2 Å². The minimum absolute atomic E-state index is 0.123. The summed E-state index contributed by atoms with van der Waals surface area (Å²) in [6, 6.07) is -0.123. The Morgan fingerprint density at radius 2 is 2.14 bits per heavy atom. The van der Waals surface area contributed by atoms with Crippen molar-refractivity contribution in [3.63, 3.8) is 0 Å². The Morgan fingerprint density at radius 1 is 1.38 bits per heavy atom. The van der Waals surface area contributed by atoms with E-state index in [1.165, 1.54) is 25.9 Å². The van der Waals surface area contributed by atoms with E-state index in [0.717, 1.165) is 45.0 Å². The summed E-state index contributed by atoms with van der Waals surface area (Å²) in [5.74, 6) is 0.971. The highest BCUT2D eigenvalue weighted by Crippen LogP contribution is 2.19. The average molecular weight is 297 g/mol. The molecule has 2 fully saturated rings. The third kappa shape index (κ3) is 5.24. The molecule has 0 aromatic rings. The summed E-state index contributed by atoms with van der Waals surface area (Å²) in [7, 11) is 2.22. The molecule has 1 unspecified atom stereocenters. The van der Waals surface area contributed by atoms with E-state index in [1.807, 2.05) is 4.90 Å². The maximum absolute atomic E-state index is 12.4. The van der Waals surface area contributed by atoms with Gasteiger partial charge in [-0.2, -0.15) is 0 Å². The topological polar surface area (TPSA) is 44.8 Å². The smallest absolute Gasteiger partial charge is 0.242 e. The van der Waals surface area contributed by atoms with Gasteiger partial charge in [0.2, 0.25) is 5.91 Å². The predicted octanol–water partition coefficient (Wildman–Crippen LogP) is 0.945. The van der Waals surface area contributed by atoms with Crippen LogP contribution in [0.4, 0.5) is 0 Å². The molecule has 2 heterocycles. The summed E-state index contributed by atoms with van der Waals surface area (Å²) in [6.07, 6.45) is 4.81. The van der Waals surface area contributed by atoms with E-state index < -0.39 is 0 Å². The van der Waals surface area contributed by atoms with Gasteiger partial charge in [-0.25, -0.2) is 0 Å². The lowest BCUT2D eigenvalue weighted by molar-refractivity contribution is -0.137. The van der Waals surface area contributed by atoms with E-state index in [4.69, 9.17) is 4.74 Å². The molecule has 0 bridgehead atoms. The fourth-order valence-corrected chi connectivity index (χ4v) is 3.24. The standard InChI is InChI=1S/C16H31N3O2/c1-3-4-8-18(2)12-14-5-9-19(10-6-14)16(20)15-13-21-11-7-17-15/h14-15,17H,3-13H2,1-2H3. The van der Waals surface area contributed by atoms with Crippen LogP contribution in [0, 0.1) is 5.92 Å². The Kier molecular flexibility index (Phi) is 6.93. The Bertz CT molecular complexity index is 311. The van der Waals surface area contributed by atoms with Crippen LogP contribution in [0.2, 0.25) is 0 Å². The van der Waals surface area contributed by atoms with Crippen LogP contribution in [0.25, 0.3) is 0 Å². The number of piperidine rings is 1. The van der Waals surface area contributed by atoms with Crippen LogP contribution in [-0.4, -0.2) is 74.7 Å². The molecule has 0 spiro atoms. The van der Waals surface area contributed by atoms with Crippen molar-refractivity contribution in [3.8, 4) is 0 Å². The number of hydrogen-bond donors (Lipinski definition) is 1. The van der Waals surface area contributed by atoms with Gasteiger partial charge >= 0.3 is 0 Å². The maximum Gasteiger partial charge on any atom is 0.242 e. The van der Waals surface area contributed by atoms with Crippen LogP contribution in [0.3, 0.4) is 0 Å². The number of ether oxygens (including phenoxy) is 1. The zero-order valence-corrected chi connectivity index (χ0v) is 13.6. The molecule has 0 aromatic heterocycles. The van der Waals surface area contributed by atoms with Gasteiger partial charge in [0.15, 0.2) is 0 Å². The minimum Gasteiger partial charge on any atom is -0.378 e. The van der Waals surface area contributed by atoms with E-state index >= 15 is 0 Å². The van der Waals surface area contributed by atoms with Crippen molar-refractivity contribution in [2.75, 3.05) is 53.0 Å². The molecule has 0 saturated carbocycles. The first-order chi connectivity index (χ1) is 10.2. The zero-order valence-electron chi connectivity index (χ0n) is 13.6. The lowest BCUT2D eigenvalue weighted by atomic mass is 9.95. The number of carbonyl (C=O) groups is 1. The van der Waals surface area contributed by atoms with E-state index in [1.54, 1.807) is 0 Å². The molecule has 2 aliphatic heterocycles. The van der Waals surface area contributed by atoms with Crippen LogP contribution in [0.5, 0.6) is 0 Å². The first kappa shape index (κ1) is 16.7. The largest absolute Gasteiger partial charge is 0.378 e. The molecule has 5 heteroatoms. The molecule has 1 amide bonds. The monoisotopic (exact) mass is 297 g/mol. The Morgan fingerprint density at radius 3 is 2.76 bits per heavy atom. The van der Waals surface area contributed by atoms with Gasteiger partial charge in [0.1, 0.15) is 6.04 Å². The van der Waals surface area contributed by atoms with Crippen molar-refractivity contribution < 1.29 is 9.53 Å². The lowest BCUT2D eigenvalue weighted by Gasteiger charge is -2.36. The lowest BCUT2D eigenvalue weighted by Crippen LogP contribution is -2.54. The first-order valence-corrected chi connectivity index (χ1v) is 8.49. The number of morpholine rings is 1. The van der Waals surface area contributed by atoms with Gasteiger partial charge in [0.25, 0.3) is 0 Å². The van der Waals surface area contributed by atoms with Crippen molar-refractivity contribution in [2.24, 2.45) is 5.92 Å². The van der Waals surface area contributed by atoms with E-state index in [2.05, 4.69) is 24.2 Å². The van der Waals surface area contributed by atoms with Crippen molar-refractivity contribution in [2.45, 2.75) is 38.6 Å². The molecule has 2 rings (SSSR count). The molecule has 1 N–H and O–H groups in total. The normalized spacial score (nSPS) is 24.5. The van der Waals surface area contributed by atoms with Crippen molar-refractivity contribution in [1.29, 1.82) is 0 Å². The Hall–Kier alpha value is -0.650.